The second-order valence-corrected chi connectivity index (χ2v) is 4.27. The van der Waals surface area contributed by atoms with Crippen LogP contribution in [0.3, 0.4) is 0 Å². The highest BCUT2D eigenvalue weighted by molar-refractivity contribution is 14.1. The third-order valence-corrected chi connectivity index (χ3v) is 2.75. The fraction of sp³-hybridized carbons (Fsp3) is 0.375. The van der Waals surface area contributed by atoms with Gasteiger partial charge in [-0.25, -0.2) is 9.78 Å². The number of alkyl carbamates (subject to hydrolysis) is 1. The molecular formula is C8H8IN3O3. The lowest BCUT2D eigenvalue weighted by Crippen LogP contribution is -2.29. The minimum atomic E-state index is -0.438. The van der Waals surface area contributed by atoms with Crippen LogP contribution in [0.1, 0.15) is 0 Å². The maximum absolute atomic E-state index is 11.6. The van der Waals surface area contributed by atoms with Gasteiger partial charge in [0.05, 0.1) is 23.0 Å². The molecule has 1 atom stereocenters. The van der Waals surface area contributed by atoms with E-state index in [-0.39, 0.29) is 11.7 Å². The number of aromatic nitrogens is 2. The van der Waals surface area contributed by atoms with Gasteiger partial charge in [0.2, 0.25) is 0 Å². The van der Waals surface area contributed by atoms with Crippen LogP contribution >= 0.6 is 22.6 Å². The zero-order valence-electron chi connectivity index (χ0n) is 7.64. The first kappa shape index (κ1) is 10.4. The van der Waals surface area contributed by atoms with Gasteiger partial charge in [-0.3, -0.25) is 9.36 Å². The first-order valence-corrected chi connectivity index (χ1v) is 5.39. The third-order valence-electron chi connectivity index (χ3n) is 2.01. The fourth-order valence-corrected chi connectivity index (χ4v) is 1.78. The molecule has 1 aromatic heterocycles. The van der Waals surface area contributed by atoms with Crippen LogP contribution in [0, 0.1) is 3.57 Å². The average molecular weight is 321 g/mol. The van der Waals surface area contributed by atoms with Crippen molar-refractivity contribution in [3.63, 3.8) is 0 Å². The summed E-state index contributed by atoms with van der Waals surface area (Å²) in [6.45, 7) is 0.762. The number of halogens is 1. The van der Waals surface area contributed by atoms with Gasteiger partial charge in [0.25, 0.3) is 5.56 Å². The van der Waals surface area contributed by atoms with Crippen molar-refractivity contribution in [1.29, 1.82) is 0 Å². The van der Waals surface area contributed by atoms with Crippen molar-refractivity contribution in [2.45, 2.75) is 12.6 Å². The highest BCUT2D eigenvalue weighted by atomic mass is 127. The molecule has 0 aromatic carbocycles. The predicted octanol–water partition coefficient (Wildman–Crippen LogP) is -0.0437. The molecular weight excluding hydrogens is 313 g/mol. The predicted molar refractivity (Wildman–Crippen MR) is 59.5 cm³/mol. The summed E-state index contributed by atoms with van der Waals surface area (Å²) in [7, 11) is 0. The van der Waals surface area contributed by atoms with Crippen LogP contribution in [-0.2, 0) is 11.3 Å². The van der Waals surface area contributed by atoms with Crippen LogP contribution in [0.4, 0.5) is 4.79 Å². The molecule has 0 aliphatic carbocycles. The van der Waals surface area contributed by atoms with Crippen LogP contribution < -0.4 is 10.9 Å². The highest BCUT2D eigenvalue weighted by Crippen LogP contribution is 2.02. The number of carbonyl (C=O) groups excluding carboxylic acids is 1. The first-order chi connectivity index (χ1) is 7.16. The van der Waals surface area contributed by atoms with Crippen LogP contribution in [0.5, 0.6) is 0 Å². The smallest absolute Gasteiger partial charge is 0.407 e. The van der Waals surface area contributed by atoms with Gasteiger partial charge in [0.1, 0.15) is 6.10 Å². The van der Waals surface area contributed by atoms with E-state index in [0.717, 1.165) is 0 Å². The van der Waals surface area contributed by atoms with Gasteiger partial charge < -0.3 is 10.1 Å². The topological polar surface area (TPSA) is 73.2 Å². The van der Waals surface area contributed by atoms with Crippen molar-refractivity contribution >= 4 is 28.7 Å². The van der Waals surface area contributed by atoms with E-state index in [1.165, 1.54) is 17.1 Å². The number of carbonyl (C=O) groups is 1. The molecule has 2 heterocycles. The summed E-state index contributed by atoms with van der Waals surface area (Å²) in [4.78, 5) is 26.3. The number of nitrogens with one attached hydrogen (secondary N) is 1. The molecule has 1 aliphatic rings. The Bertz CT molecular complexity index is 445. The molecule has 1 unspecified atom stereocenters. The maximum atomic E-state index is 11.6. The molecule has 7 heteroatoms. The highest BCUT2D eigenvalue weighted by Gasteiger charge is 2.23. The Kier molecular flexibility index (Phi) is 2.89. The molecule has 1 saturated heterocycles. The van der Waals surface area contributed by atoms with Gasteiger partial charge in [-0.15, -0.1) is 0 Å². The van der Waals surface area contributed by atoms with Gasteiger partial charge in [-0.1, -0.05) is 0 Å². The lowest BCUT2D eigenvalue weighted by molar-refractivity contribution is 0.130. The molecule has 0 spiro atoms. The summed E-state index contributed by atoms with van der Waals surface area (Å²) < 4.78 is 6.91. The zero-order valence-corrected chi connectivity index (χ0v) is 9.80. The standard InChI is InChI=1S/C8H8IN3O3/c9-6-2-10-4-12(7(6)13)3-5-1-11-8(14)15-5/h2,4-5H,1,3H2,(H,11,14). The Balaban J connectivity index is 2.14. The molecule has 1 fully saturated rings. The Labute approximate surface area is 98.8 Å². The summed E-state index contributed by atoms with van der Waals surface area (Å²) in [5.74, 6) is 0. The number of rotatable bonds is 2. The van der Waals surface area contributed by atoms with Crippen molar-refractivity contribution in [3.05, 3.63) is 26.4 Å². The number of cyclic esters (lactones) is 1. The van der Waals surface area contributed by atoms with Crippen LogP contribution in [0.25, 0.3) is 0 Å². The number of amides is 1. The summed E-state index contributed by atoms with van der Waals surface area (Å²) >= 11 is 1.92. The SMILES string of the molecule is O=C1NCC(Cn2cncc(I)c2=O)O1. The van der Waals surface area contributed by atoms with Gasteiger partial charge in [0, 0.05) is 6.20 Å². The molecule has 0 radical (unpaired) electrons. The lowest BCUT2D eigenvalue weighted by Gasteiger charge is -2.09. The second kappa shape index (κ2) is 4.17. The van der Waals surface area contributed by atoms with Gasteiger partial charge >= 0.3 is 6.09 Å². The van der Waals surface area contributed by atoms with Gasteiger partial charge in [0.15, 0.2) is 0 Å². The minimum Gasteiger partial charge on any atom is -0.442 e. The van der Waals surface area contributed by atoms with E-state index < -0.39 is 6.09 Å². The maximum Gasteiger partial charge on any atom is 0.407 e. The van der Waals surface area contributed by atoms with Crippen molar-refractivity contribution in [2.75, 3.05) is 6.54 Å². The molecule has 0 saturated carbocycles. The number of hydrogen-bond acceptors (Lipinski definition) is 4. The van der Waals surface area contributed by atoms with Crippen molar-refractivity contribution < 1.29 is 9.53 Å². The van der Waals surface area contributed by atoms with E-state index in [0.29, 0.717) is 16.7 Å². The normalized spacial score (nSPS) is 19.8. The van der Waals surface area contributed by atoms with Crippen LogP contribution in [0.2, 0.25) is 0 Å². The largest absolute Gasteiger partial charge is 0.442 e. The van der Waals surface area contributed by atoms with Gasteiger partial charge in [-0.2, -0.15) is 0 Å². The third kappa shape index (κ3) is 2.28. The molecule has 80 valence electrons. The van der Waals surface area contributed by atoms with E-state index >= 15 is 0 Å². The molecule has 6 nitrogen and oxygen atoms in total. The number of nitrogens with zero attached hydrogens (tertiary/aromatic N) is 2. The quantitative estimate of drug-likeness (QED) is 0.776. The molecule has 2 rings (SSSR count). The molecule has 0 bridgehead atoms. The summed E-state index contributed by atoms with van der Waals surface area (Å²) in [6.07, 6.45) is 2.21. The summed E-state index contributed by atoms with van der Waals surface area (Å²) in [6, 6.07) is 0. The van der Waals surface area contributed by atoms with E-state index in [4.69, 9.17) is 4.74 Å². The molecule has 1 aliphatic heterocycles. The monoisotopic (exact) mass is 321 g/mol. The van der Waals surface area contributed by atoms with E-state index in [2.05, 4.69) is 10.3 Å². The van der Waals surface area contributed by atoms with Crippen molar-refractivity contribution in [1.82, 2.24) is 14.9 Å². The lowest BCUT2D eigenvalue weighted by atomic mass is 10.3. The molecule has 1 N–H and O–H groups in total. The zero-order chi connectivity index (χ0) is 10.8. The van der Waals surface area contributed by atoms with Crippen LogP contribution in [0.15, 0.2) is 17.3 Å². The second-order valence-electron chi connectivity index (χ2n) is 3.11. The number of ether oxygens (including phenoxy) is 1. The van der Waals surface area contributed by atoms with E-state index in [1.54, 1.807) is 0 Å². The first-order valence-electron chi connectivity index (χ1n) is 4.31. The Morgan fingerprint density at radius 3 is 3.13 bits per heavy atom. The molecule has 1 aromatic rings. The van der Waals surface area contributed by atoms with E-state index in [1.807, 2.05) is 22.6 Å². The van der Waals surface area contributed by atoms with E-state index in [9.17, 15) is 9.59 Å². The Hall–Kier alpha value is -1.12. The summed E-state index contributed by atoms with van der Waals surface area (Å²) in [5, 5.41) is 2.53. The molecule has 15 heavy (non-hydrogen) atoms. The van der Waals surface area contributed by atoms with Crippen molar-refractivity contribution in [2.24, 2.45) is 0 Å². The van der Waals surface area contributed by atoms with Crippen molar-refractivity contribution in [3.8, 4) is 0 Å². The summed E-state index contributed by atoms with van der Waals surface area (Å²) in [5.41, 5.74) is -0.117. The average Bonchev–Trinajstić information content (AvgIpc) is 2.59. The Morgan fingerprint density at radius 1 is 1.67 bits per heavy atom. The minimum absolute atomic E-state index is 0.117. The fourth-order valence-electron chi connectivity index (χ4n) is 1.31. The Morgan fingerprint density at radius 2 is 2.47 bits per heavy atom. The van der Waals surface area contributed by atoms with Gasteiger partial charge in [-0.05, 0) is 22.6 Å². The van der Waals surface area contributed by atoms with Crippen LogP contribution in [-0.4, -0.2) is 28.3 Å². The number of hydrogen-bond donors (Lipinski definition) is 1. The molecule has 1 amide bonds.